The van der Waals surface area contributed by atoms with E-state index in [2.05, 4.69) is 20.9 Å². The van der Waals surface area contributed by atoms with Gasteiger partial charge >= 0.3 is 18.2 Å². The van der Waals surface area contributed by atoms with Crippen molar-refractivity contribution in [3.05, 3.63) is 23.5 Å². The molecule has 1 rings (SSSR count). The summed E-state index contributed by atoms with van der Waals surface area (Å²) in [4.78, 5) is 42.3. The lowest BCUT2D eigenvalue weighted by Gasteiger charge is -2.29. The Morgan fingerprint density at radius 3 is 1.89 bits per heavy atom. The third-order valence-corrected chi connectivity index (χ3v) is 3.50. The molecule has 0 spiro atoms. The third kappa shape index (κ3) is 6.50. The van der Waals surface area contributed by atoms with Gasteiger partial charge in [-0.3, -0.25) is 0 Å². The van der Waals surface area contributed by atoms with Crippen molar-refractivity contribution in [3.8, 4) is 0 Å². The molecule has 0 N–H and O–H groups in total. The molecule has 1 heterocycles. The Hall–Kier alpha value is -2.16. The number of methoxy groups -OCH3 is 1. The van der Waals surface area contributed by atoms with Gasteiger partial charge in [0.15, 0.2) is 5.69 Å². The van der Waals surface area contributed by atoms with E-state index >= 15 is 0 Å². The minimum Gasteiger partial charge on any atom is -0.464 e. The Morgan fingerprint density at radius 2 is 1.52 bits per heavy atom. The van der Waals surface area contributed by atoms with Gasteiger partial charge in [0.25, 0.3) is 0 Å². The van der Waals surface area contributed by atoms with Gasteiger partial charge in [0.1, 0.15) is 11.2 Å². The molecule has 0 saturated carbocycles. The van der Waals surface area contributed by atoms with Crippen LogP contribution in [0.15, 0.2) is 12.3 Å². The minimum atomic E-state index is -0.930. The number of rotatable bonds is 3. The van der Waals surface area contributed by atoms with E-state index in [4.69, 9.17) is 14.2 Å². The molecular formula is C18H25BrN2O6. The molecule has 8 nitrogen and oxygen atoms in total. The zero-order chi connectivity index (χ0) is 21.0. The summed E-state index contributed by atoms with van der Waals surface area (Å²) in [5, 5.41) is 0.142. The number of hydrogen-bond acceptors (Lipinski definition) is 7. The smallest absolute Gasteiger partial charge is 0.424 e. The number of amides is 2. The average molecular weight is 445 g/mol. The summed E-state index contributed by atoms with van der Waals surface area (Å²) in [5.41, 5.74) is -1.30. The number of imide groups is 1. The lowest BCUT2D eigenvalue weighted by Crippen LogP contribution is -2.44. The van der Waals surface area contributed by atoms with Crippen molar-refractivity contribution in [3.63, 3.8) is 0 Å². The van der Waals surface area contributed by atoms with E-state index in [1.807, 2.05) is 0 Å². The van der Waals surface area contributed by atoms with Gasteiger partial charge in [-0.2, -0.15) is 4.90 Å². The van der Waals surface area contributed by atoms with Crippen LogP contribution in [-0.4, -0.2) is 41.5 Å². The van der Waals surface area contributed by atoms with Crippen molar-refractivity contribution in [2.24, 2.45) is 0 Å². The van der Waals surface area contributed by atoms with Crippen molar-refractivity contribution in [1.82, 2.24) is 4.98 Å². The molecule has 0 aliphatic carbocycles. The van der Waals surface area contributed by atoms with Crippen LogP contribution in [-0.2, 0) is 19.5 Å². The van der Waals surface area contributed by atoms with E-state index < -0.39 is 29.4 Å². The molecule has 0 aliphatic rings. The highest BCUT2D eigenvalue weighted by Crippen LogP contribution is 2.29. The van der Waals surface area contributed by atoms with Crippen LogP contribution in [0.25, 0.3) is 0 Å². The minimum absolute atomic E-state index is 0.0241. The first-order chi connectivity index (χ1) is 12.3. The second-order valence-electron chi connectivity index (χ2n) is 7.58. The van der Waals surface area contributed by atoms with Crippen LogP contribution in [0.2, 0.25) is 0 Å². The second-order valence-corrected chi connectivity index (χ2v) is 8.14. The predicted molar refractivity (Wildman–Crippen MR) is 103 cm³/mol. The van der Waals surface area contributed by atoms with Crippen LogP contribution in [0, 0.1) is 0 Å². The first-order valence-electron chi connectivity index (χ1n) is 8.19. The van der Waals surface area contributed by atoms with Gasteiger partial charge in [-0.25, -0.2) is 19.4 Å². The predicted octanol–water partition coefficient (Wildman–Crippen LogP) is 4.44. The summed E-state index contributed by atoms with van der Waals surface area (Å²) in [6.07, 6.45) is -0.558. The molecule has 2 amide bonds. The van der Waals surface area contributed by atoms with Crippen molar-refractivity contribution >= 4 is 39.8 Å². The van der Waals surface area contributed by atoms with Crippen molar-refractivity contribution < 1.29 is 28.6 Å². The highest BCUT2D eigenvalue weighted by molar-refractivity contribution is 9.08. The van der Waals surface area contributed by atoms with Crippen LogP contribution in [0.1, 0.15) is 57.6 Å². The van der Waals surface area contributed by atoms with Gasteiger partial charge in [-0.1, -0.05) is 15.9 Å². The first-order valence-corrected chi connectivity index (χ1v) is 9.31. The maximum Gasteiger partial charge on any atom is 0.424 e. The standard InChI is InChI=1S/C18H25BrN2O6/c1-17(2,3)26-15(23)21(16(24)27-18(4,5)6)12-8-9-20-13(11(12)10-19)14(22)25-7/h8-9H,10H2,1-7H3. The molecule has 0 aromatic carbocycles. The number of carbonyl (C=O) groups excluding carboxylic acids is 3. The number of hydrogen-bond donors (Lipinski definition) is 0. The molecule has 27 heavy (non-hydrogen) atoms. The number of nitrogens with zero attached hydrogens (tertiary/aromatic N) is 2. The average Bonchev–Trinajstić information content (AvgIpc) is 2.50. The Morgan fingerprint density at radius 1 is 1.04 bits per heavy atom. The molecule has 150 valence electrons. The quantitative estimate of drug-likeness (QED) is 0.386. The fourth-order valence-corrected chi connectivity index (χ4v) is 2.54. The normalized spacial score (nSPS) is 11.6. The van der Waals surface area contributed by atoms with Crippen LogP contribution < -0.4 is 4.90 Å². The van der Waals surface area contributed by atoms with Crippen molar-refractivity contribution in [2.45, 2.75) is 58.1 Å². The Labute approximate surface area is 167 Å². The van der Waals surface area contributed by atoms with Crippen molar-refractivity contribution in [2.75, 3.05) is 12.0 Å². The van der Waals surface area contributed by atoms with Gasteiger partial charge in [0.2, 0.25) is 0 Å². The Kier molecular flexibility index (Phi) is 7.36. The molecule has 0 saturated heterocycles. The summed E-state index contributed by atoms with van der Waals surface area (Å²) in [6, 6.07) is 1.43. The number of halogens is 1. The fourth-order valence-electron chi connectivity index (χ4n) is 1.98. The monoisotopic (exact) mass is 444 g/mol. The number of alkyl halides is 1. The molecule has 0 unspecified atom stereocenters. The molecule has 0 radical (unpaired) electrons. The van der Waals surface area contributed by atoms with Gasteiger partial charge in [0, 0.05) is 17.1 Å². The highest BCUT2D eigenvalue weighted by Gasteiger charge is 2.35. The van der Waals surface area contributed by atoms with Gasteiger partial charge in [-0.15, -0.1) is 0 Å². The largest absolute Gasteiger partial charge is 0.464 e. The van der Waals surface area contributed by atoms with Crippen LogP contribution in [0.5, 0.6) is 0 Å². The van der Waals surface area contributed by atoms with Crippen LogP contribution in [0.4, 0.5) is 15.3 Å². The zero-order valence-electron chi connectivity index (χ0n) is 16.6. The van der Waals surface area contributed by atoms with E-state index in [1.165, 1.54) is 19.4 Å². The molecule has 0 atom stereocenters. The second kappa shape index (κ2) is 8.69. The van der Waals surface area contributed by atoms with Gasteiger partial charge in [0.05, 0.1) is 12.8 Å². The maximum atomic E-state index is 12.8. The molecule has 1 aromatic rings. The SMILES string of the molecule is COC(=O)c1nccc(N(C(=O)OC(C)(C)C)C(=O)OC(C)(C)C)c1CBr. The number of pyridine rings is 1. The van der Waals surface area contributed by atoms with Crippen molar-refractivity contribution in [1.29, 1.82) is 0 Å². The van der Waals surface area contributed by atoms with Crippen LogP contribution >= 0.6 is 15.9 Å². The Bertz CT molecular complexity index is 694. The lowest BCUT2D eigenvalue weighted by atomic mass is 10.1. The van der Waals surface area contributed by atoms with Gasteiger partial charge < -0.3 is 14.2 Å². The summed E-state index contributed by atoms with van der Waals surface area (Å²) in [6.45, 7) is 10.1. The number of ether oxygens (including phenoxy) is 3. The molecule has 0 fully saturated rings. The van der Waals surface area contributed by atoms with E-state index in [1.54, 1.807) is 41.5 Å². The molecule has 9 heteroatoms. The number of aromatic nitrogens is 1. The number of esters is 1. The topological polar surface area (TPSA) is 95.0 Å². The van der Waals surface area contributed by atoms with Gasteiger partial charge in [-0.05, 0) is 47.6 Å². The summed E-state index contributed by atoms with van der Waals surface area (Å²) in [7, 11) is 1.22. The fraction of sp³-hybridized carbons (Fsp3) is 0.556. The van der Waals surface area contributed by atoms with E-state index in [0.717, 1.165) is 4.90 Å². The van der Waals surface area contributed by atoms with Crippen LogP contribution in [0.3, 0.4) is 0 Å². The summed E-state index contributed by atoms with van der Waals surface area (Å²) < 4.78 is 15.4. The van der Waals surface area contributed by atoms with E-state index in [0.29, 0.717) is 5.56 Å². The molecule has 0 aliphatic heterocycles. The molecule has 1 aromatic heterocycles. The Balaban J connectivity index is 3.53. The van der Waals surface area contributed by atoms with E-state index in [9.17, 15) is 14.4 Å². The summed E-state index contributed by atoms with van der Waals surface area (Å²) >= 11 is 3.27. The summed E-state index contributed by atoms with van der Waals surface area (Å²) in [5.74, 6) is -0.695. The van der Waals surface area contributed by atoms with E-state index in [-0.39, 0.29) is 16.7 Å². The molecule has 0 bridgehead atoms. The molecular weight excluding hydrogens is 420 g/mol. The lowest BCUT2D eigenvalue weighted by molar-refractivity contribution is 0.0428. The number of carbonyl (C=O) groups is 3. The zero-order valence-corrected chi connectivity index (χ0v) is 18.2. The number of anilines is 1. The third-order valence-electron chi connectivity index (χ3n) is 2.94. The maximum absolute atomic E-state index is 12.8. The first kappa shape index (κ1) is 22.9. The highest BCUT2D eigenvalue weighted by atomic mass is 79.9.